The third-order valence-corrected chi connectivity index (χ3v) is 4.78. The minimum atomic E-state index is -0.514. The first-order valence-electron chi connectivity index (χ1n) is 12.7. The average molecular weight is 461 g/mol. The molecule has 0 bridgehead atoms. The maximum absolute atomic E-state index is 6.47. The Morgan fingerprint density at radius 2 is 0.906 bits per heavy atom. The average Bonchev–Trinajstić information content (AvgIpc) is 2.67. The lowest BCUT2D eigenvalue weighted by atomic mass is 9.97. The zero-order chi connectivity index (χ0) is 24.3. The van der Waals surface area contributed by atoms with Gasteiger partial charge in [0.15, 0.2) is 6.29 Å². The van der Waals surface area contributed by atoms with E-state index in [9.17, 15) is 0 Å². The second-order valence-corrected chi connectivity index (χ2v) is 11.3. The number of hydrogen-bond donors (Lipinski definition) is 0. The molecule has 0 amide bonds. The van der Waals surface area contributed by atoms with Gasteiger partial charge in [-0.25, -0.2) is 0 Å². The molecule has 6 heteroatoms. The maximum atomic E-state index is 6.47. The highest BCUT2D eigenvalue weighted by atomic mass is 16.7. The molecule has 192 valence electrons. The van der Waals surface area contributed by atoms with Crippen LogP contribution in [0.2, 0.25) is 0 Å². The fraction of sp³-hybridized carbons (Fsp3) is 1.00. The van der Waals surface area contributed by atoms with E-state index < -0.39 is 6.29 Å². The first-order valence-corrected chi connectivity index (χ1v) is 12.7. The van der Waals surface area contributed by atoms with Crippen LogP contribution in [-0.2, 0) is 28.4 Å². The fourth-order valence-electron chi connectivity index (χ4n) is 3.33. The molecular weight excluding hydrogens is 408 g/mol. The Bertz CT molecular complexity index is 465. The standard InChI is InChI=1S/C26H52O6/c1-17(2)11-27-16-22-23(28-12-18(3)4)24(29-13-19(5)6)25(30-14-20(7)8)26(32-22)31-15-21(9)10/h17-26H,11-16H2,1-10H3. The van der Waals surface area contributed by atoms with Gasteiger partial charge in [0.2, 0.25) is 0 Å². The van der Waals surface area contributed by atoms with Gasteiger partial charge in [-0.05, 0) is 29.6 Å². The van der Waals surface area contributed by atoms with E-state index in [-0.39, 0.29) is 24.4 Å². The largest absolute Gasteiger partial charge is 0.378 e. The summed E-state index contributed by atoms with van der Waals surface area (Å²) in [6.07, 6.45) is -1.71. The lowest BCUT2D eigenvalue weighted by Crippen LogP contribution is -2.62. The minimum absolute atomic E-state index is 0.277. The summed E-state index contributed by atoms with van der Waals surface area (Å²) in [5.41, 5.74) is 0. The summed E-state index contributed by atoms with van der Waals surface area (Å²) in [5.74, 6) is 2.05. The van der Waals surface area contributed by atoms with E-state index in [0.717, 1.165) is 0 Å². The second-order valence-electron chi connectivity index (χ2n) is 11.3. The van der Waals surface area contributed by atoms with Crippen LogP contribution in [0.15, 0.2) is 0 Å². The molecule has 5 atom stereocenters. The van der Waals surface area contributed by atoms with E-state index in [0.29, 0.717) is 69.2 Å². The molecule has 1 fully saturated rings. The molecule has 0 aromatic carbocycles. The van der Waals surface area contributed by atoms with Crippen LogP contribution in [0.3, 0.4) is 0 Å². The summed E-state index contributed by atoms with van der Waals surface area (Å²) in [4.78, 5) is 0. The van der Waals surface area contributed by atoms with Crippen molar-refractivity contribution in [1.29, 1.82) is 0 Å². The topological polar surface area (TPSA) is 55.4 Å². The second kappa shape index (κ2) is 15.6. The van der Waals surface area contributed by atoms with Crippen molar-refractivity contribution in [1.82, 2.24) is 0 Å². The van der Waals surface area contributed by atoms with Crippen LogP contribution in [0, 0.1) is 29.6 Å². The molecule has 1 aliphatic heterocycles. The lowest BCUT2D eigenvalue weighted by molar-refractivity contribution is -0.327. The van der Waals surface area contributed by atoms with Crippen LogP contribution >= 0.6 is 0 Å². The first-order chi connectivity index (χ1) is 15.0. The van der Waals surface area contributed by atoms with Crippen molar-refractivity contribution < 1.29 is 28.4 Å². The summed E-state index contributed by atoms with van der Waals surface area (Å²) < 4.78 is 37.9. The van der Waals surface area contributed by atoms with Gasteiger partial charge in [0.25, 0.3) is 0 Å². The SMILES string of the molecule is CC(C)COCC1OC(OCC(C)C)C(OCC(C)C)C(OCC(C)C)C1OCC(C)C. The Hall–Kier alpha value is -0.240. The van der Waals surface area contributed by atoms with Crippen molar-refractivity contribution in [3.63, 3.8) is 0 Å². The molecule has 0 radical (unpaired) electrons. The summed E-state index contributed by atoms with van der Waals surface area (Å²) in [5, 5.41) is 0. The predicted molar refractivity (Wildman–Crippen MR) is 129 cm³/mol. The normalized spacial score (nSPS) is 26.9. The maximum Gasteiger partial charge on any atom is 0.186 e. The van der Waals surface area contributed by atoms with E-state index in [2.05, 4.69) is 69.2 Å². The molecule has 5 unspecified atom stereocenters. The monoisotopic (exact) mass is 460 g/mol. The van der Waals surface area contributed by atoms with E-state index in [4.69, 9.17) is 28.4 Å². The van der Waals surface area contributed by atoms with Gasteiger partial charge in [-0.3, -0.25) is 0 Å². The molecule has 0 spiro atoms. The predicted octanol–water partition coefficient (Wildman–Crippen LogP) is 5.18. The van der Waals surface area contributed by atoms with E-state index >= 15 is 0 Å². The quantitative estimate of drug-likeness (QED) is 0.316. The third kappa shape index (κ3) is 11.8. The van der Waals surface area contributed by atoms with Gasteiger partial charge in [-0.2, -0.15) is 0 Å². The summed E-state index contributed by atoms with van der Waals surface area (Å²) in [7, 11) is 0. The molecule has 0 saturated carbocycles. The van der Waals surface area contributed by atoms with Crippen molar-refractivity contribution >= 4 is 0 Å². The van der Waals surface area contributed by atoms with Crippen molar-refractivity contribution in [3.8, 4) is 0 Å². The number of rotatable bonds is 16. The van der Waals surface area contributed by atoms with Crippen LogP contribution in [0.4, 0.5) is 0 Å². The van der Waals surface area contributed by atoms with Crippen molar-refractivity contribution in [2.75, 3.05) is 39.6 Å². The van der Waals surface area contributed by atoms with Crippen molar-refractivity contribution in [3.05, 3.63) is 0 Å². The Labute approximate surface area is 198 Å². The van der Waals surface area contributed by atoms with E-state index in [1.54, 1.807) is 0 Å². The van der Waals surface area contributed by atoms with Gasteiger partial charge in [-0.15, -0.1) is 0 Å². The molecule has 1 heterocycles. The number of ether oxygens (including phenoxy) is 6. The van der Waals surface area contributed by atoms with Crippen LogP contribution in [0.25, 0.3) is 0 Å². The zero-order valence-electron chi connectivity index (χ0n) is 22.5. The molecule has 1 saturated heterocycles. The molecule has 32 heavy (non-hydrogen) atoms. The lowest BCUT2D eigenvalue weighted by Gasteiger charge is -2.46. The molecule has 0 N–H and O–H groups in total. The molecule has 0 aromatic heterocycles. The third-order valence-electron chi connectivity index (χ3n) is 4.78. The van der Waals surface area contributed by atoms with Crippen LogP contribution in [0.1, 0.15) is 69.2 Å². The minimum Gasteiger partial charge on any atom is -0.378 e. The van der Waals surface area contributed by atoms with Gasteiger partial charge < -0.3 is 28.4 Å². The van der Waals surface area contributed by atoms with Gasteiger partial charge >= 0.3 is 0 Å². The van der Waals surface area contributed by atoms with E-state index in [1.807, 2.05) is 0 Å². The Morgan fingerprint density at radius 3 is 1.38 bits per heavy atom. The Kier molecular flexibility index (Phi) is 14.5. The highest BCUT2D eigenvalue weighted by Crippen LogP contribution is 2.31. The van der Waals surface area contributed by atoms with Crippen LogP contribution in [0.5, 0.6) is 0 Å². The molecule has 1 aliphatic rings. The summed E-state index contributed by atoms with van der Waals surface area (Å²) >= 11 is 0. The highest BCUT2D eigenvalue weighted by Gasteiger charge is 2.49. The van der Waals surface area contributed by atoms with Gasteiger partial charge in [0.1, 0.15) is 24.4 Å². The summed E-state index contributed by atoms with van der Waals surface area (Å²) in [6.45, 7) is 25.1. The highest BCUT2D eigenvalue weighted by molar-refractivity contribution is 4.93. The molecule has 0 aliphatic carbocycles. The fourth-order valence-corrected chi connectivity index (χ4v) is 3.33. The van der Waals surface area contributed by atoms with Crippen LogP contribution in [-0.4, -0.2) is 70.3 Å². The van der Waals surface area contributed by atoms with Gasteiger partial charge in [0.05, 0.1) is 13.2 Å². The van der Waals surface area contributed by atoms with E-state index in [1.165, 1.54) is 0 Å². The first kappa shape index (κ1) is 29.8. The van der Waals surface area contributed by atoms with Gasteiger partial charge in [0, 0.05) is 26.4 Å². The zero-order valence-corrected chi connectivity index (χ0v) is 22.5. The van der Waals surface area contributed by atoms with Gasteiger partial charge in [-0.1, -0.05) is 69.2 Å². The molecule has 6 nitrogen and oxygen atoms in total. The van der Waals surface area contributed by atoms with Crippen molar-refractivity contribution in [2.24, 2.45) is 29.6 Å². The number of hydrogen-bond acceptors (Lipinski definition) is 6. The molecule has 1 rings (SSSR count). The Morgan fingerprint density at radius 1 is 0.500 bits per heavy atom. The van der Waals surface area contributed by atoms with Crippen molar-refractivity contribution in [2.45, 2.75) is 99.9 Å². The smallest absolute Gasteiger partial charge is 0.186 e. The van der Waals surface area contributed by atoms with Crippen LogP contribution < -0.4 is 0 Å². The molecular formula is C26H52O6. The summed E-state index contributed by atoms with van der Waals surface area (Å²) in [6, 6.07) is 0. The Balaban J connectivity index is 3.17. The molecule has 0 aromatic rings.